The fourth-order valence-electron chi connectivity index (χ4n) is 9.55. The molecule has 63 heavy (non-hydrogen) atoms. The van der Waals surface area contributed by atoms with Gasteiger partial charge in [0.15, 0.2) is 0 Å². The number of rotatable bonds is 21. The van der Waals surface area contributed by atoms with Crippen molar-refractivity contribution in [2.24, 2.45) is 22.9 Å². The van der Waals surface area contributed by atoms with Gasteiger partial charge in [-0.05, 0) is 122 Å². The van der Waals surface area contributed by atoms with Crippen LogP contribution in [0.5, 0.6) is 17.2 Å². The van der Waals surface area contributed by atoms with Gasteiger partial charge in [-0.25, -0.2) is 9.18 Å². The molecule has 1 heterocycles. The molecular weight excluding hydrogens is 820 g/mol. The number of hydrogen-bond donors (Lipinski definition) is 2. The van der Waals surface area contributed by atoms with Gasteiger partial charge < -0.3 is 34.0 Å². The van der Waals surface area contributed by atoms with Gasteiger partial charge in [0.05, 0.1) is 24.8 Å². The molecule has 1 amide bonds. The van der Waals surface area contributed by atoms with Crippen LogP contribution < -0.4 is 9.47 Å². The SMILES string of the molecule is C=CCOC12Oc3ccc(Oc4ccc(SC)cc4)cc3C3C(CCCCO)C(CCCCO)C=C(C(=NOCc4ccccc4)CC1N(Cc1ccc(F)cc1)C(=O)OCC)C32. The molecule has 0 spiro atoms. The summed E-state index contributed by atoms with van der Waals surface area (Å²) in [5, 5.41) is 24.9. The van der Waals surface area contributed by atoms with E-state index in [-0.39, 0.29) is 69.6 Å². The van der Waals surface area contributed by atoms with E-state index < -0.39 is 23.8 Å². The summed E-state index contributed by atoms with van der Waals surface area (Å²) in [6.45, 7) is 6.49. The second-order valence-electron chi connectivity index (χ2n) is 16.3. The highest BCUT2D eigenvalue weighted by Gasteiger charge is 2.65. The molecule has 7 rings (SSSR count). The van der Waals surface area contributed by atoms with Crippen LogP contribution in [0.25, 0.3) is 0 Å². The lowest BCUT2D eigenvalue weighted by Gasteiger charge is -2.59. The summed E-state index contributed by atoms with van der Waals surface area (Å²) in [4.78, 5) is 23.4. The molecule has 6 unspecified atom stereocenters. The van der Waals surface area contributed by atoms with Crippen molar-refractivity contribution in [3.63, 3.8) is 0 Å². The van der Waals surface area contributed by atoms with E-state index in [0.717, 1.165) is 47.3 Å². The maximum atomic E-state index is 14.4. The van der Waals surface area contributed by atoms with Crippen molar-refractivity contribution in [2.75, 3.05) is 32.7 Å². The largest absolute Gasteiger partial charge is 0.459 e. The van der Waals surface area contributed by atoms with E-state index >= 15 is 0 Å². The number of thioether (sulfide) groups is 1. The molecule has 1 fully saturated rings. The fourth-order valence-corrected chi connectivity index (χ4v) is 9.95. The smallest absolute Gasteiger partial charge is 0.410 e. The van der Waals surface area contributed by atoms with E-state index in [1.54, 1.807) is 41.8 Å². The number of aliphatic hydroxyl groups is 2. The van der Waals surface area contributed by atoms with E-state index in [4.69, 9.17) is 28.9 Å². The molecule has 1 aliphatic heterocycles. The molecule has 0 saturated heterocycles. The first-order chi connectivity index (χ1) is 30.8. The van der Waals surface area contributed by atoms with Crippen molar-refractivity contribution in [3.8, 4) is 17.2 Å². The maximum absolute atomic E-state index is 14.4. The number of aliphatic hydroxyl groups excluding tert-OH is 2. The van der Waals surface area contributed by atoms with E-state index in [1.165, 1.54) is 12.1 Å². The lowest BCUT2D eigenvalue weighted by atomic mass is 9.55. The molecule has 12 heteroatoms. The predicted molar refractivity (Wildman–Crippen MR) is 243 cm³/mol. The minimum Gasteiger partial charge on any atom is -0.459 e. The number of ether oxygens (including phenoxy) is 4. The van der Waals surface area contributed by atoms with Gasteiger partial charge in [-0.2, -0.15) is 0 Å². The molecule has 10 nitrogen and oxygen atoms in total. The number of oxime groups is 1. The fraction of sp³-hybridized carbons (Fsp3) is 0.412. The Bertz CT molecular complexity index is 2190. The second kappa shape index (κ2) is 22.0. The lowest BCUT2D eigenvalue weighted by Crippen LogP contribution is -2.70. The van der Waals surface area contributed by atoms with Crippen molar-refractivity contribution in [3.05, 3.63) is 144 Å². The molecule has 0 aromatic heterocycles. The average Bonchev–Trinajstić information content (AvgIpc) is 3.30. The minimum atomic E-state index is -1.50. The first-order valence-corrected chi connectivity index (χ1v) is 23.3. The molecule has 6 atom stereocenters. The highest BCUT2D eigenvalue weighted by molar-refractivity contribution is 7.98. The van der Waals surface area contributed by atoms with Crippen LogP contribution in [0.3, 0.4) is 0 Å². The van der Waals surface area contributed by atoms with Crippen LogP contribution in [0.4, 0.5) is 9.18 Å². The number of benzene rings is 4. The highest BCUT2D eigenvalue weighted by Crippen LogP contribution is 2.62. The Balaban J connectivity index is 1.44. The Morgan fingerprint density at radius 2 is 1.68 bits per heavy atom. The normalized spacial score (nSPS) is 22.8. The summed E-state index contributed by atoms with van der Waals surface area (Å²) < 4.78 is 41.0. The highest BCUT2D eigenvalue weighted by atomic mass is 32.2. The standard InChI is InChI=1S/C51H59FN2O8S/c1-4-29-59-51-47(54(50(57)58-5-2)33-35-17-19-38(52)20-18-35)32-45(53-60-34-36-13-7-6-8-14-36)43-30-37(15-9-11-27-55)42(16-10-12-28-56)48(49(43)51)44-31-40(23-26-46(44)62-51)61-39-21-24-41(63-3)25-22-39/h4,6-8,13-14,17-26,30-31,37,42,47-49,55-56H,1,5,9-12,15-16,27-29,32-34H2,2-3H3. The Kier molecular flexibility index (Phi) is 16.0. The summed E-state index contributed by atoms with van der Waals surface area (Å²) in [6.07, 6.45) is 10.1. The molecule has 3 aliphatic rings. The summed E-state index contributed by atoms with van der Waals surface area (Å²) in [6, 6.07) is 29.0. The molecule has 4 aromatic rings. The first-order valence-electron chi connectivity index (χ1n) is 22.1. The van der Waals surface area contributed by atoms with Gasteiger partial charge in [-0.1, -0.05) is 72.6 Å². The van der Waals surface area contributed by atoms with Gasteiger partial charge in [0.2, 0.25) is 5.79 Å². The van der Waals surface area contributed by atoms with Crippen molar-refractivity contribution in [1.82, 2.24) is 4.90 Å². The minimum absolute atomic E-state index is 0.0211. The zero-order chi connectivity index (χ0) is 44.2. The quantitative estimate of drug-likeness (QED) is 0.0365. The zero-order valence-corrected chi connectivity index (χ0v) is 37.0. The van der Waals surface area contributed by atoms with E-state index in [0.29, 0.717) is 41.4 Å². The van der Waals surface area contributed by atoms with E-state index in [9.17, 15) is 19.4 Å². The van der Waals surface area contributed by atoms with Crippen molar-refractivity contribution in [1.29, 1.82) is 0 Å². The topological polar surface area (TPSA) is 119 Å². The van der Waals surface area contributed by atoms with Gasteiger partial charge in [0.25, 0.3) is 0 Å². The number of allylic oxidation sites excluding steroid dienone is 1. The number of nitrogens with zero attached hydrogens (tertiary/aromatic N) is 2. The number of carbonyl (C=O) groups is 1. The van der Waals surface area contributed by atoms with Gasteiger partial charge in [0.1, 0.15) is 35.7 Å². The molecule has 2 aliphatic carbocycles. The van der Waals surface area contributed by atoms with Crippen LogP contribution in [0.15, 0.2) is 131 Å². The molecule has 0 bridgehead atoms. The number of hydrogen-bond acceptors (Lipinski definition) is 10. The predicted octanol–water partition coefficient (Wildman–Crippen LogP) is 10.8. The lowest BCUT2D eigenvalue weighted by molar-refractivity contribution is -0.256. The molecule has 1 saturated carbocycles. The maximum Gasteiger partial charge on any atom is 0.410 e. The molecule has 4 aromatic carbocycles. The van der Waals surface area contributed by atoms with Crippen LogP contribution in [0, 0.1) is 23.6 Å². The zero-order valence-electron chi connectivity index (χ0n) is 36.2. The molecule has 0 radical (unpaired) electrons. The van der Waals surface area contributed by atoms with Crippen molar-refractivity contribution in [2.45, 2.75) is 87.7 Å². The summed E-state index contributed by atoms with van der Waals surface area (Å²) in [5.74, 6) is -0.646. The monoisotopic (exact) mass is 878 g/mol. The average molecular weight is 879 g/mol. The Morgan fingerprint density at radius 1 is 0.952 bits per heavy atom. The van der Waals surface area contributed by atoms with E-state index in [2.05, 4.69) is 18.7 Å². The Labute approximate surface area is 374 Å². The van der Waals surface area contributed by atoms with Gasteiger partial charge >= 0.3 is 6.09 Å². The molecule has 2 N–H and O–H groups in total. The van der Waals surface area contributed by atoms with Crippen LogP contribution in [-0.2, 0) is 27.5 Å². The summed E-state index contributed by atoms with van der Waals surface area (Å²) in [5.41, 5.74) is 4.16. The number of halogens is 1. The number of unbranched alkanes of at least 4 members (excludes halogenated alkanes) is 2. The molecular formula is C51H59FN2O8S. The van der Waals surface area contributed by atoms with Crippen LogP contribution >= 0.6 is 11.8 Å². The van der Waals surface area contributed by atoms with Gasteiger partial charge in [-0.15, -0.1) is 18.3 Å². The Morgan fingerprint density at radius 3 is 2.38 bits per heavy atom. The number of carbonyl (C=O) groups excluding carboxylic acids is 1. The number of fused-ring (bicyclic) bond motifs is 2. The van der Waals surface area contributed by atoms with Crippen molar-refractivity contribution < 1.29 is 43.2 Å². The third kappa shape index (κ3) is 10.6. The van der Waals surface area contributed by atoms with E-state index in [1.807, 2.05) is 73.0 Å². The Hall–Kier alpha value is -5.14. The molecule has 334 valence electrons. The third-order valence-corrected chi connectivity index (χ3v) is 13.1. The van der Waals surface area contributed by atoms with Crippen LogP contribution in [0.2, 0.25) is 0 Å². The second-order valence-corrected chi connectivity index (χ2v) is 17.1. The summed E-state index contributed by atoms with van der Waals surface area (Å²) >= 11 is 1.66. The van der Waals surface area contributed by atoms with Crippen LogP contribution in [0.1, 0.15) is 74.5 Å². The third-order valence-electron chi connectivity index (χ3n) is 12.3. The number of amides is 1. The van der Waals surface area contributed by atoms with Crippen LogP contribution in [-0.4, -0.2) is 71.4 Å². The van der Waals surface area contributed by atoms with Crippen molar-refractivity contribution >= 4 is 23.6 Å². The van der Waals surface area contributed by atoms with Gasteiger partial charge in [0, 0.05) is 42.6 Å². The first kappa shape index (κ1) is 45.9. The van der Waals surface area contributed by atoms with Gasteiger partial charge in [-0.3, -0.25) is 4.90 Å². The summed E-state index contributed by atoms with van der Waals surface area (Å²) in [7, 11) is 0.